The summed E-state index contributed by atoms with van der Waals surface area (Å²) in [7, 11) is 0. The van der Waals surface area contributed by atoms with Gasteiger partial charge in [-0.1, -0.05) is 6.92 Å². The molecule has 0 saturated heterocycles. The van der Waals surface area contributed by atoms with Crippen LogP contribution in [0.4, 0.5) is 5.95 Å². The number of nitrogens with one attached hydrogen (secondary N) is 3. The van der Waals surface area contributed by atoms with E-state index in [1.54, 1.807) is 24.3 Å². The van der Waals surface area contributed by atoms with Gasteiger partial charge in [0.2, 0.25) is 5.95 Å². The summed E-state index contributed by atoms with van der Waals surface area (Å²) in [5, 5.41) is 3.12. The van der Waals surface area contributed by atoms with Gasteiger partial charge in [0.1, 0.15) is 0 Å². The van der Waals surface area contributed by atoms with Gasteiger partial charge < -0.3 is 10.3 Å². The third-order valence-corrected chi connectivity index (χ3v) is 3.94. The van der Waals surface area contributed by atoms with Crippen LogP contribution in [0.1, 0.15) is 23.9 Å². The monoisotopic (exact) mass is 293 g/mol. The van der Waals surface area contributed by atoms with E-state index in [1.807, 2.05) is 13.8 Å². The molecular weight excluding hydrogens is 274 g/mol. The summed E-state index contributed by atoms with van der Waals surface area (Å²) in [5.41, 5.74) is 2.85. The van der Waals surface area contributed by atoms with Gasteiger partial charge in [0.15, 0.2) is 0 Å². The number of hydrogen-bond donors (Lipinski definition) is 3. The Hall–Kier alpha value is -1.76. The van der Waals surface area contributed by atoms with Crippen molar-refractivity contribution in [2.24, 2.45) is 0 Å². The molecular formula is C13H19N5OS. The summed E-state index contributed by atoms with van der Waals surface area (Å²) in [6.45, 7) is 4.71. The topological polar surface area (TPSA) is 86.5 Å². The Bertz CT molecular complexity index is 607. The first-order chi connectivity index (χ1) is 9.70. The molecule has 3 N–H and O–H groups in total. The molecule has 0 radical (unpaired) electrons. The van der Waals surface area contributed by atoms with Crippen molar-refractivity contribution in [3.63, 3.8) is 0 Å². The number of thioether (sulfide) groups is 1. The number of nitrogens with zero attached hydrogens (tertiary/aromatic N) is 2. The molecule has 0 aromatic carbocycles. The highest BCUT2D eigenvalue weighted by atomic mass is 32.2. The van der Waals surface area contributed by atoms with Gasteiger partial charge in [-0.3, -0.25) is 9.78 Å². The average molecular weight is 293 g/mol. The van der Waals surface area contributed by atoms with Crippen LogP contribution in [0, 0.1) is 6.92 Å². The summed E-state index contributed by atoms with van der Waals surface area (Å²) >= 11 is 1.79. The summed E-state index contributed by atoms with van der Waals surface area (Å²) < 4.78 is 0. The molecule has 7 heteroatoms. The van der Waals surface area contributed by atoms with E-state index in [1.165, 1.54) is 0 Å². The van der Waals surface area contributed by atoms with Crippen molar-refractivity contribution in [1.29, 1.82) is 0 Å². The van der Waals surface area contributed by atoms with E-state index in [0.717, 1.165) is 29.4 Å². The standard InChI is InChI=1S/C13H19N5OS/c1-3-10-6-15-13(18-12(10)19)14-4-5-20-7-11-9(2)16-8-17-11/h6,8H,3-5,7H2,1-2H3,(H,16,17)(H2,14,15,18,19). The lowest BCUT2D eigenvalue weighted by Gasteiger charge is -2.05. The molecule has 0 spiro atoms. The van der Waals surface area contributed by atoms with E-state index in [9.17, 15) is 4.79 Å². The quantitative estimate of drug-likeness (QED) is 0.677. The van der Waals surface area contributed by atoms with Crippen molar-refractivity contribution in [1.82, 2.24) is 19.9 Å². The third kappa shape index (κ3) is 3.86. The molecule has 0 unspecified atom stereocenters. The lowest BCUT2D eigenvalue weighted by atomic mass is 10.3. The summed E-state index contributed by atoms with van der Waals surface area (Å²) in [6, 6.07) is 0. The number of hydrogen-bond acceptors (Lipinski definition) is 5. The molecule has 0 atom stereocenters. The molecule has 2 rings (SSSR count). The first-order valence-electron chi connectivity index (χ1n) is 6.59. The van der Waals surface area contributed by atoms with Crippen LogP contribution in [0.2, 0.25) is 0 Å². The van der Waals surface area contributed by atoms with E-state index >= 15 is 0 Å². The molecule has 2 aromatic rings. The summed E-state index contributed by atoms with van der Waals surface area (Å²) in [4.78, 5) is 25.8. The number of anilines is 1. The lowest BCUT2D eigenvalue weighted by Crippen LogP contribution is -2.17. The zero-order valence-corrected chi connectivity index (χ0v) is 12.5. The lowest BCUT2D eigenvalue weighted by molar-refractivity contribution is 0.990. The Kier molecular flexibility index (Phi) is 5.23. The smallest absolute Gasteiger partial charge is 0.255 e. The second-order valence-corrected chi connectivity index (χ2v) is 5.50. The van der Waals surface area contributed by atoms with Crippen LogP contribution in [0.15, 0.2) is 17.3 Å². The summed E-state index contributed by atoms with van der Waals surface area (Å²) in [6.07, 6.45) is 4.04. The average Bonchev–Trinajstić information content (AvgIpc) is 2.84. The van der Waals surface area contributed by atoms with E-state index in [-0.39, 0.29) is 5.56 Å². The van der Waals surface area contributed by atoms with Gasteiger partial charge in [0, 0.05) is 35.5 Å². The van der Waals surface area contributed by atoms with E-state index in [0.29, 0.717) is 17.9 Å². The minimum Gasteiger partial charge on any atom is -0.355 e. The number of H-pyrrole nitrogens is 2. The van der Waals surface area contributed by atoms with Crippen LogP contribution in [0.5, 0.6) is 0 Å². The van der Waals surface area contributed by atoms with Crippen LogP contribution >= 0.6 is 11.8 Å². The molecule has 0 bridgehead atoms. The van der Waals surface area contributed by atoms with Gasteiger partial charge in [-0.2, -0.15) is 11.8 Å². The molecule has 0 fully saturated rings. The predicted molar refractivity (Wildman–Crippen MR) is 82.2 cm³/mol. The molecule has 0 amide bonds. The van der Waals surface area contributed by atoms with E-state index in [4.69, 9.17) is 0 Å². The van der Waals surface area contributed by atoms with Crippen molar-refractivity contribution >= 4 is 17.7 Å². The second-order valence-electron chi connectivity index (χ2n) is 4.39. The SMILES string of the molecule is CCc1cnc(NCCSCc2nc[nH]c2C)[nH]c1=O. The van der Waals surface area contributed by atoms with Crippen LogP contribution in [0.3, 0.4) is 0 Å². The molecule has 0 saturated carbocycles. The van der Waals surface area contributed by atoms with Gasteiger partial charge in [-0.15, -0.1) is 0 Å². The van der Waals surface area contributed by atoms with Gasteiger partial charge in [0.25, 0.3) is 5.56 Å². The van der Waals surface area contributed by atoms with Gasteiger partial charge >= 0.3 is 0 Å². The molecule has 0 aliphatic rings. The first kappa shape index (κ1) is 14.6. The number of rotatable bonds is 7. The van der Waals surface area contributed by atoms with E-state index < -0.39 is 0 Å². The largest absolute Gasteiger partial charge is 0.355 e. The highest BCUT2D eigenvalue weighted by molar-refractivity contribution is 7.98. The van der Waals surface area contributed by atoms with Crippen molar-refractivity contribution in [3.05, 3.63) is 39.8 Å². The molecule has 108 valence electrons. The van der Waals surface area contributed by atoms with E-state index in [2.05, 4.69) is 25.3 Å². The van der Waals surface area contributed by atoms with Crippen LogP contribution < -0.4 is 10.9 Å². The molecule has 2 heterocycles. The first-order valence-corrected chi connectivity index (χ1v) is 7.74. The Balaban J connectivity index is 1.72. The molecule has 2 aromatic heterocycles. The number of aryl methyl sites for hydroxylation is 2. The maximum Gasteiger partial charge on any atom is 0.255 e. The zero-order valence-electron chi connectivity index (χ0n) is 11.7. The Labute approximate surface area is 121 Å². The Morgan fingerprint density at radius 2 is 2.25 bits per heavy atom. The molecule has 20 heavy (non-hydrogen) atoms. The highest BCUT2D eigenvalue weighted by Gasteiger charge is 2.02. The minimum absolute atomic E-state index is 0.0650. The fraction of sp³-hybridized carbons (Fsp3) is 0.462. The molecule has 6 nitrogen and oxygen atoms in total. The fourth-order valence-electron chi connectivity index (χ4n) is 1.71. The third-order valence-electron chi connectivity index (χ3n) is 2.97. The highest BCUT2D eigenvalue weighted by Crippen LogP contribution is 2.12. The van der Waals surface area contributed by atoms with Gasteiger partial charge in [-0.05, 0) is 13.3 Å². The van der Waals surface area contributed by atoms with Crippen molar-refractivity contribution in [2.75, 3.05) is 17.6 Å². The Morgan fingerprint density at radius 1 is 1.40 bits per heavy atom. The van der Waals surface area contributed by atoms with Gasteiger partial charge in [0.05, 0.1) is 12.0 Å². The molecule has 0 aliphatic carbocycles. The van der Waals surface area contributed by atoms with Gasteiger partial charge in [-0.25, -0.2) is 9.97 Å². The second kappa shape index (κ2) is 7.14. The minimum atomic E-state index is -0.0650. The van der Waals surface area contributed by atoms with Crippen LogP contribution in [0.25, 0.3) is 0 Å². The zero-order chi connectivity index (χ0) is 14.4. The van der Waals surface area contributed by atoms with Crippen molar-refractivity contribution < 1.29 is 0 Å². The normalized spacial score (nSPS) is 10.7. The van der Waals surface area contributed by atoms with Crippen LogP contribution in [-0.2, 0) is 12.2 Å². The maximum atomic E-state index is 11.6. The molecule has 0 aliphatic heterocycles. The number of aromatic nitrogens is 4. The number of imidazole rings is 1. The maximum absolute atomic E-state index is 11.6. The van der Waals surface area contributed by atoms with Crippen molar-refractivity contribution in [3.8, 4) is 0 Å². The number of aromatic amines is 2. The predicted octanol–water partition coefficient (Wildman–Crippen LogP) is 1.71. The van der Waals surface area contributed by atoms with Crippen LogP contribution in [-0.4, -0.2) is 32.2 Å². The summed E-state index contributed by atoms with van der Waals surface area (Å²) in [5.74, 6) is 2.34. The van der Waals surface area contributed by atoms with Crippen molar-refractivity contribution in [2.45, 2.75) is 26.0 Å². The fourth-order valence-corrected chi connectivity index (χ4v) is 2.58. The Morgan fingerprint density at radius 3 is 2.90 bits per heavy atom.